The minimum Gasteiger partial charge on any atom is -0.458 e. The predicted molar refractivity (Wildman–Crippen MR) is 126 cm³/mol. The van der Waals surface area contributed by atoms with E-state index in [0.717, 1.165) is 49.1 Å². The molecule has 0 heterocycles. The van der Waals surface area contributed by atoms with Crippen LogP contribution in [0, 0.1) is 28.6 Å². The number of ether oxygens (including phenoxy) is 2. The van der Waals surface area contributed by atoms with Crippen molar-refractivity contribution in [1.29, 1.82) is 0 Å². The van der Waals surface area contributed by atoms with Gasteiger partial charge in [0.2, 0.25) is 0 Å². The topological polar surface area (TPSA) is 69.7 Å². The third-order valence-electron chi connectivity index (χ3n) is 9.41. The summed E-state index contributed by atoms with van der Waals surface area (Å²) in [6, 6.07) is 0. The Morgan fingerprint density at radius 1 is 1.03 bits per heavy atom. The van der Waals surface area contributed by atoms with Gasteiger partial charge in [-0.05, 0) is 86.7 Å². The van der Waals surface area contributed by atoms with Crippen molar-refractivity contribution in [2.24, 2.45) is 28.6 Å². The molecule has 33 heavy (non-hydrogen) atoms. The second-order valence-corrected chi connectivity index (χ2v) is 11.5. The number of rotatable bonds is 5. The average Bonchev–Trinajstić information content (AvgIpc) is 3.02. The first-order chi connectivity index (χ1) is 15.5. The van der Waals surface area contributed by atoms with Crippen molar-refractivity contribution >= 4 is 29.3 Å². The van der Waals surface area contributed by atoms with E-state index in [1.165, 1.54) is 6.92 Å². The second kappa shape index (κ2) is 8.55. The molecule has 0 radical (unpaired) electrons. The molecule has 4 aliphatic carbocycles. The number of allylic oxidation sites excluding steroid dienone is 3. The van der Waals surface area contributed by atoms with Gasteiger partial charge in [0.25, 0.3) is 0 Å². The Bertz CT molecular complexity index is 921. The molecule has 0 aliphatic heterocycles. The summed E-state index contributed by atoms with van der Waals surface area (Å²) in [7, 11) is 0. The zero-order valence-electron chi connectivity index (χ0n) is 20.5. The number of Topliss-reactive ketones (excluding diaryl/α,β-unsaturated/α-hetero) is 1. The van der Waals surface area contributed by atoms with Gasteiger partial charge in [0.05, 0.1) is 0 Å². The monoisotopic (exact) mass is 476 g/mol. The molecule has 0 N–H and O–H groups in total. The van der Waals surface area contributed by atoms with Crippen LogP contribution in [-0.2, 0) is 23.9 Å². The van der Waals surface area contributed by atoms with Crippen LogP contribution in [0.25, 0.3) is 0 Å². The summed E-state index contributed by atoms with van der Waals surface area (Å²) in [5, 5.41) is 0.743. The Labute approximate surface area is 202 Å². The smallest absolute Gasteiger partial charge is 0.306 e. The van der Waals surface area contributed by atoms with E-state index >= 15 is 0 Å². The first-order valence-corrected chi connectivity index (χ1v) is 12.9. The third-order valence-corrected chi connectivity index (χ3v) is 9.74. The molecule has 0 unspecified atom stereocenters. The summed E-state index contributed by atoms with van der Waals surface area (Å²) in [6.07, 6.45) is 10.2. The zero-order chi connectivity index (χ0) is 24.2. The highest BCUT2D eigenvalue weighted by molar-refractivity contribution is 6.32. The average molecular weight is 477 g/mol. The lowest BCUT2D eigenvalue weighted by molar-refractivity contribution is -0.185. The van der Waals surface area contributed by atoms with E-state index in [1.807, 2.05) is 6.92 Å². The minimum atomic E-state index is -1.04. The van der Waals surface area contributed by atoms with E-state index in [9.17, 15) is 14.4 Å². The molecule has 0 saturated heterocycles. The highest BCUT2D eigenvalue weighted by Crippen LogP contribution is 2.68. The standard InChI is InChI=1S/C27H37ClO5/c1-6-7-24(31)32-18-8-11-25(4)20-9-12-26(5)21(19(20)15-23(28)22(25)14-18)10-13-27(26,16(2)29)33-17(3)30/h14-15,18-21H,6-13H2,1-5H3/t18-,19+,20-,21-,25-,26+,27-/m0/s1. The van der Waals surface area contributed by atoms with E-state index in [2.05, 4.69) is 26.0 Å². The highest BCUT2D eigenvalue weighted by Gasteiger charge is 2.67. The quantitative estimate of drug-likeness (QED) is 0.462. The van der Waals surface area contributed by atoms with Crippen molar-refractivity contribution in [2.75, 3.05) is 0 Å². The lowest BCUT2D eigenvalue weighted by Gasteiger charge is -2.58. The first kappa shape index (κ1) is 24.5. The van der Waals surface area contributed by atoms with Crippen LogP contribution in [0.1, 0.15) is 86.0 Å². The summed E-state index contributed by atoms with van der Waals surface area (Å²) < 4.78 is 11.5. The number of esters is 2. The maximum absolute atomic E-state index is 12.9. The number of hydrogen-bond donors (Lipinski definition) is 0. The van der Waals surface area contributed by atoms with Crippen LogP contribution in [0.3, 0.4) is 0 Å². The molecule has 182 valence electrons. The largest absolute Gasteiger partial charge is 0.458 e. The van der Waals surface area contributed by atoms with Crippen molar-refractivity contribution < 1.29 is 23.9 Å². The molecule has 2 fully saturated rings. The lowest BCUT2D eigenvalue weighted by atomic mass is 9.48. The van der Waals surface area contributed by atoms with Gasteiger partial charge in [0.15, 0.2) is 11.4 Å². The summed E-state index contributed by atoms with van der Waals surface area (Å²) >= 11 is 6.92. The number of halogens is 1. The Morgan fingerprint density at radius 3 is 2.36 bits per heavy atom. The molecular formula is C27H37ClO5. The van der Waals surface area contributed by atoms with E-state index in [-0.39, 0.29) is 41.1 Å². The molecule has 2 saturated carbocycles. The molecule has 0 amide bonds. The molecule has 0 aromatic carbocycles. The SMILES string of the molecule is CCCC(=O)O[C@@H]1C=C2C(Cl)=C[C@@H]3[C@H](CC[C@]4(C)[C@H]3CC[C@]4(OC(C)=O)C(C)=O)[C@]2(C)CC1. The molecule has 4 aliphatic rings. The summed E-state index contributed by atoms with van der Waals surface area (Å²) in [5.41, 5.74) is -0.430. The van der Waals surface area contributed by atoms with Crippen LogP contribution < -0.4 is 0 Å². The van der Waals surface area contributed by atoms with Crippen molar-refractivity contribution in [2.45, 2.75) is 97.7 Å². The van der Waals surface area contributed by atoms with E-state index in [0.29, 0.717) is 18.8 Å². The Morgan fingerprint density at radius 2 is 1.73 bits per heavy atom. The van der Waals surface area contributed by atoms with Gasteiger partial charge in [-0.3, -0.25) is 14.4 Å². The fourth-order valence-corrected chi connectivity index (χ4v) is 8.22. The van der Waals surface area contributed by atoms with Crippen LogP contribution in [0.4, 0.5) is 0 Å². The number of fused-ring (bicyclic) bond motifs is 5. The fraction of sp³-hybridized carbons (Fsp3) is 0.741. The van der Waals surface area contributed by atoms with Gasteiger partial charge in [-0.2, -0.15) is 0 Å². The van der Waals surface area contributed by atoms with Gasteiger partial charge in [-0.15, -0.1) is 0 Å². The molecule has 7 atom stereocenters. The molecule has 0 aromatic heterocycles. The molecule has 0 aromatic rings. The molecule has 0 bridgehead atoms. The van der Waals surface area contributed by atoms with E-state index in [4.69, 9.17) is 21.1 Å². The van der Waals surface area contributed by atoms with E-state index < -0.39 is 11.0 Å². The van der Waals surface area contributed by atoms with Crippen molar-refractivity contribution in [3.63, 3.8) is 0 Å². The minimum absolute atomic E-state index is 0.0479. The summed E-state index contributed by atoms with van der Waals surface area (Å²) in [6.45, 7) is 9.38. The van der Waals surface area contributed by atoms with Gasteiger partial charge in [0, 0.05) is 23.8 Å². The van der Waals surface area contributed by atoms with Crippen molar-refractivity contribution in [1.82, 2.24) is 0 Å². The number of hydrogen-bond acceptors (Lipinski definition) is 5. The molecular weight excluding hydrogens is 440 g/mol. The Kier molecular flexibility index (Phi) is 6.35. The van der Waals surface area contributed by atoms with Crippen molar-refractivity contribution in [3.05, 3.63) is 22.8 Å². The predicted octanol–water partition coefficient (Wildman–Crippen LogP) is 5.89. The Hall–Kier alpha value is -1.62. The zero-order valence-corrected chi connectivity index (χ0v) is 21.3. The van der Waals surface area contributed by atoms with Gasteiger partial charge in [0.1, 0.15) is 6.10 Å². The van der Waals surface area contributed by atoms with Crippen LogP contribution >= 0.6 is 11.6 Å². The Balaban J connectivity index is 1.68. The van der Waals surface area contributed by atoms with Crippen molar-refractivity contribution in [3.8, 4) is 0 Å². The number of carbonyl (C=O) groups excluding carboxylic acids is 3. The second-order valence-electron chi connectivity index (χ2n) is 11.1. The van der Waals surface area contributed by atoms with Gasteiger partial charge in [-0.1, -0.05) is 38.4 Å². The van der Waals surface area contributed by atoms with Crippen LogP contribution in [0.5, 0.6) is 0 Å². The number of ketones is 1. The van der Waals surface area contributed by atoms with Crippen LogP contribution in [-0.4, -0.2) is 29.4 Å². The summed E-state index contributed by atoms with van der Waals surface area (Å²) in [4.78, 5) is 36.9. The molecule has 4 rings (SSSR count). The summed E-state index contributed by atoms with van der Waals surface area (Å²) in [5.74, 6) is 0.271. The third kappa shape index (κ3) is 3.69. The lowest BCUT2D eigenvalue weighted by Crippen LogP contribution is -2.58. The first-order valence-electron chi connectivity index (χ1n) is 12.5. The fourth-order valence-electron chi connectivity index (χ4n) is 7.79. The van der Waals surface area contributed by atoms with Gasteiger partial charge >= 0.3 is 11.9 Å². The highest BCUT2D eigenvalue weighted by atomic mass is 35.5. The maximum atomic E-state index is 12.9. The van der Waals surface area contributed by atoms with Gasteiger partial charge in [-0.25, -0.2) is 0 Å². The molecule has 0 spiro atoms. The maximum Gasteiger partial charge on any atom is 0.306 e. The van der Waals surface area contributed by atoms with E-state index in [1.54, 1.807) is 6.92 Å². The van der Waals surface area contributed by atoms with Crippen LogP contribution in [0.15, 0.2) is 22.8 Å². The molecule has 6 heteroatoms. The van der Waals surface area contributed by atoms with Crippen LogP contribution in [0.2, 0.25) is 0 Å². The number of carbonyl (C=O) groups is 3. The van der Waals surface area contributed by atoms with Gasteiger partial charge < -0.3 is 9.47 Å². The normalized spacial score (nSPS) is 41.6. The molecule has 5 nitrogen and oxygen atoms in total.